The van der Waals surface area contributed by atoms with E-state index in [9.17, 15) is 29.4 Å². The van der Waals surface area contributed by atoms with Crippen molar-refractivity contribution < 1.29 is 24.6 Å². The van der Waals surface area contributed by atoms with Crippen LogP contribution in [0.2, 0.25) is 0 Å². The van der Waals surface area contributed by atoms with Crippen molar-refractivity contribution in [2.24, 2.45) is 0 Å². The SMILES string of the molecule is CCCN(Cc1ccc2nc(N)[nH]c(=O)c2c1)c1ccc(C(=O)NC(CCC(=O)[O-])C(=O)[O-])cc1. The molecule has 0 aliphatic heterocycles. The van der Waals surface area contributed by atoms with Crippen molar-refractivity contribution in [3.05, 3.63) is 63.9 Å². The van der Waals surface area contributed by atoms with E-state index in [1.54, 1.807) is 36.4 Å². The molecule has 184 valence electrons. The second-order valence-corrected chi connectivity index (χ2v) is 8.03. The number of carboxylic acid groups (broad SMARTS) is 2. The van der Waals surface area contributed by atoms with Crippen LogP contribution in [0.5, 0.6) is 0 Å². The van der Waals surface area contributed by atoms with Gasteiger partial charge in [-0.05, 0) is 61.2 Å². The summed E-state index contributed by atoms with van der Waals surface area (Å²) in [5.74, 6) is -3.59. The van der Waals surface area contributed by atoms with Gasteiger partial charge in [0.1, 0.15) is 0 Å². The molecule has 1 heterocycles. The maximum Gasteiger partial charge on any atom is 0.260 e. The third kappa shape index (κ3) is 6.56. The van der Waals surface area contributed by atoms with Crippen molar-refractivity contribution in [2.45, 2.75) is 38.8 Å². The lowest BCUT2D eigenvalue weighted by Gasteiger charge is -2.25. The second-order valence-electron chi connectivity index (χ2n) is 8.03. The van der Waals surface area contributed by atoms with Gasteiger partial charge in [0, 0.05) is 30.3 Å². The lowest BCUT2D eigenvalue weighted by molar-refractivity contribution is -0.309. The monoisotopic (exact) mass is 479 g/mol. The normalized spacial score (nSPS) is 11.7. The fourth-order valence-electron chi connectivity index (χ4n) is 3.67. The minimum Gasteiger partial charge on any atom is -0.550 e. The number of nitrogens with two attached hydrogens (primary N) is 1. The molecule has 0 bridgehead atoms. The maximum absolute atomic E-state index is 12.5. The number of aliphatic carboxylic acids is 2. The van der Waals surface area contributed by atoms with E-state index in [0.29, 0.717) is 24.0 Å². The van der Waals surface area contributed by atoms with Gasteiger partial charge >= 0.3 is 0 Å². The number of nitrogens with one attached hydrogen (secondary N) is 2. The zero-order valence-electron chi connectivity index (χ0n) is 19.1. The fourth-order valence-corrected chi connectivity index (χ4v) is 3.67. The van der Waals surface area contributed by atoms with E-state index in [2.05, 4.69) is 20.2 Å². The van der Waals surface area contributed by atoms with Gasteiger partial charge in [-0.2, -0.15) is 0 Å². The zero-order valence-corrected chi connectivity index (χ0v) is 19.1. The molecule has 3 aromatic rings. The van der Waals surface area contributed by atoms with E-state index in [4.69, 9.17) is 5.73 Å². The Morgan fingerprint density at radius 1 is 1.14 bits per heavy atom. The molecule has 0 saturated heterocycles. The molecule has 0 aliphatic rings. The highest BCUT2D eigenvalue weighted by Crippen LogP contribution is 2.20. The molecule has 11 nitrogen and oxygen atoms in total. The Morgan fingerprint density at radius 3 is 2.49 bits per heavy atom. The van der Waals surface area contributed by atoms with E-state index < -0.39 is 30.3 Å². The van der Waals surface area contributed by atoms with Gasteiger partial charge in [-0.1, -0.05) is 13.0 Å². The molecule has 0 radical (unpaired) electrons. The highest BCUT2D eigenvalue weighted by atomic mass is 16.4. The average molecular weight is 479 g/mol. The minimum absolute atomic E-state index is 0.0526. The number of H-pyrrole nitrogens is 1. The zero-order chi connectivity index (χ0) is 25.5. The van der Waals surface area contributed by atoms with Gasteiger partial charge in [-0.3, -0.25) is 14.6 Å². The molecule has 0 fully saturated rings. The first kappa shape index (κ1) is 25.2. The van der Waals surface area contributed by atoms with Gasteiger partial charge in [0.15, 0.2) is 0 Å². The molecule has 35 heavy (non-hydrogen) atoms. The number of aromatic nitrogens is 2. The molecule has 0 aliphatic carbocycles. The number of anilines is 2. The first-order chi connectivity index (χ1) is 16.7. The Hall–Kier alpha value is -4.41. The summed E-state index contributed by atoms with van der Waals surface area (Å²) in [6.45, 7) is 3.23. The van der Waals surface area contributed by atoms with Gasteiger partial charge in [0.25, 0.3) is 11.5 Å². The highest BCUT2D eigenvalue weighted by molar-refractivity contribution is 5.96. The summed E-state index contributed by atoms with van der Waals surface area (Å²) in [5.41, 5.74) is 7.70. The van der Waals surface area contributed by atoms with Crippen molar-refractivity contribution in [1.29, 1.82) is 0 Å². The third-order valence-corrected chi connectivity index (χ3v) is 5.38. The molecule has 0 spiro atoms. The lowest BCUT2D eigenvalue weighted by Crippen LogP contribution is -2.48. The van der Waals surface area contributed by atoms with Crippen LogP contribution in [0.3, 0.4) is 0 Å². The smallest absolute Gasteiger partial charge is 0.260 e. The van der Waals surface area contributed by atoms with E-state index in [-0.39, 0.29) is 23.5 Å². The number of benzene rings is 2. The Labute approximate surface area is 200 Å². The van der Waals surface area contributed by atoms with Crippen molar-refractivity contribution in [2.75, 3.05) is 17.2 Å². The summed E-state index contributed by atoms with van der Waals surface area (Å²) in [6.07, 6.45) is -0.0103. The van der Waals surface area contributed by atoms with Crippen LogP contribution in [-0.2, 0) is 16.1 Å². The maximum atomic E-state index is 12.5. The van der Waals surface area contributed by atoms with Gasteiger partial charge in [-0.25, -0.2) is 4.98 Å². The molecule has 3 rings (SSSR count). The molecule has 1 aromatic heterocycles. The number of nitrogen functional groups attached to an aromatic ring is 1. The number of nitrogens with zero attached hydrogens (tertiary/aromatic N) is 2. The Balaban J connectivity index is 1.75. The number of aromatic amines is 1. The van der Waals surface area contributed by atoms with Crippen LogP contribution in [0.15, 0.2) is 47.3 Å². The fraction of sp³-hybridized carbons (Fsp3) is 0.292. The Morgan fingerprint density at radius 2 is 1.86 bits per heavy atom. The summed E-state index contributed by atoms with van der Waals surface area (Å²) in [5, 5.41) is 24.5. The molecule has 1 unspecified atom stereocenters. The molecule has 11 heteroatoms. The first-order valence-corrected chi connectivity index (χ1v) is 11.0. The molecule has 2 aromatic carbocycles. The van der Waals surface area contributed by atoms with E-state index in [1.807, 2.05) is 13.0 Å². The molecular formula is C24H25N5O6-2. The van der Waals surface area contributed by atoms with Crippen LogP contribution in [0, 0.1) is 0 Å². The quantitative estimate of drug-likeness (QED) is 0.320. The van der Waals surface area contributed by atoms with E-state index in [1.165, 1.54) is 0 Å². The van der Waals surface area contributed by atoms with Crippen LogP contribution in [0.4, 0.5) is 11.6 Å². The van der Waals surface area contributed by atoms with Crippen LogP contribution in [0.1, 0.15) is 42.1 Å². The largest absolute Gasteiger partial charge is 0.550 e. The average Bonchev–Trinajstić information content (AvgIpc) is 2.81. The molecule has 0 saturated carbocycles. The number of carbonyl (C=O) groups excluding carboxylic acids is 3. The summed E-state index contributed by atoms with van der Waals surface area (Å²) >= 11 is 0. The van der Waals surface area contributed by atoms with E-state index in [0.717, 1.165) is 17.7 Å². The molecule has 4 N–H and O–H groups in total. The van der Waals surface area contributed by atoms with Crippen molar-refractivity contribution in [3.63, 3.8) is 0 Å². The van der Waals surface area contributed by atoms with Crippen molar-refractivity contribution in [1.82, 2.24) is 15.3 Å². The predicted octanol–water partition coefficient (Wildman–Crippen LogP) is -0.700. The summed E-state index contributed by atoms with van der Waals surface area (Å²) in [7, 11) is 0. The number of carbonyl (C=O) groups is 3. The Kier molecular flexibility index (Phi) is 8.03. The Bertz CT molecular complexity index is 1290. The number of amides is 1. The van der Waals surface area contributed by atoms with Crippen LogP contribution in [0.25, 0.3) is 10.9 Å². The number of fused-ring (bicyclic) bond motifs is 1. The van der Waals surface area contributed by atoms with Crippen LogP contribution < -0.4 is 31.7 Å². The number of hydrogen-bond acceptors (Lipinski definition) is 9. The van der Waals surface area contributed by atoms with Gasteiger partial charge < -0.3 is 35.8 Å². The first-order valence-electron chi connectivity index (χ1n) is 11.0. The molecule has 1 amide bonds. The lowest BCUT2D eigenvalue weighted by atomic mass is 10.1. The van der Waals surface area contributed by atoms with Crippen LogP contribution >= 0.6 is 0 Å². The highest BCUT2D eigenvalue weighted by Gasteiger charge is 2.16. The van der Waals surface area contributed by atoms with Crippen molar-refractivity contribution >= 4 is 40.4 Å². The third-order valence-electron chi connectivity index (χ3n) is 5.38. The summed E-state index contributed by atoms with van der Waals surface area (Å²) < 4.78 is 0. The van der Waals surface area contributed by atoms with Gasteiger partial charge in [0.2, 0.25) is 5.95 Å². The summed E-state index contributed by atoms with van der Waals surface area (Å²) in [6, 6.07) is 10.5. The predicted molar refractivity (Wildman–Crippen MR) is 125 cm³/mol. The second kappa shape index (κ2) is 11.1. The topological polar surface area (TPSA) is 184 Å². The van der Waals surface area contributed by atoms with Gasteiger partial charge in [-0.15, -0.1) is 0 Å². The minimum atomic E-state index is -1.57. The molecular weight excluding hydrogens is 454 g/mol. The number of carboxylic acids is 2. The molecule has 1 atom stereocenters. The summed E-state index contributed by atoms with van der Waals surface area (Å²) in [4.78, 5) is 55.2. The van der Waals surface area contributed by atoms with Gasteiger partial charge in [0.05, 0.1) is 22.9 Å². The van der Waals surface area contributed by atoms with Crippen molar-refractivity contribution in [3.8, 4) is 0 Å². The van der Waals surface area contributed by atoms with E-state index >= 15 is 0 Å². The van der Waals surface area contributed by atoms with Crippen LogP contribution in [-0.4, -0.2) is 40.4 Å². The number of rotatable bonds is 11. The number of hydrogen-bond donors (Lipinski definition) is 3. The standard InChI is InChI=1S/C24H27N5O6/c1-2-11-29(13-14-3-8-18-17(12-14)22(33)28-24(25)27-18)16-6-4-15(5-7-16)21(32)26-19(23(34)35)9-10-20(30)31/h3-8,12,19H,2,9-11,13H2,1H3,(H,26,32)(H,30,31)(H,34,35)(H3,25,27,28,33)/p-2.